The van der Waals surface area contributed by atoms with E-state index in [0.717, 1.165) is 5.69 Å². The first kappa shape index (κ1) is 26.6. The van der Waals surface area contributed by atoms with E-state index < -0.39 is 36.1 Å². The molecule has 13 N–H and O–H groups in total. The number of hydrogen-bond donors (Lipinski definition) is 9. The highest BCUT2D eigenvalue weighted by atomic mass is 16.4. The maximum Gasteiger partial charge on any atom is 0.320 e. The molecule has 1 aromatic heterocycles. The van der Waals surface area contributed by atoms with Crippen LogP contribution in [0.1, 0.15) is 18.5 Å². The molecule has 27 heavy (non-hydrogen) atoms. The zero-order valence-electron chi connectivity index (χ0n) is 14.7. The van der Waals surface area contributed by atoms with E-state index >= 15 is 0 Å². The van der Waals surface area contributed by atoms with Gasteiger partial charge in [-0.1, -0.05) is 0 Å². The number of aromatic amines is 1. The maximum absolute atomic E-state index is 10.3. The number of aromatic nitrogens is 2. The minimum Gasteiger partial charge on any atom is -0.480 e. The van der Waals surface area contributed by atoms with Gasteiger partial charge in [-0.2, -0.15) is 0 Å². The van der Waals surface area contributed by atoms with Crippen molar-refractivity contribution in [3.05, 3.63) is 18.2 Å². The largest absolute Gasteiger partial charge is 0.480 e. The van der Waals surface area contributed by atoms with Crippen LogP contribution in [-0.2, 0) is 20.8 Å². The number of nitrogens with one attached hydrogen (secondary N) is 1. The average molecular weight is 392 g/mol. The predicted molar refractivity (Wildman–Crippen MR) is 94.5 cm³/mol. The molecule has 0 aliphatic rings. The Kier molecular flexibility index (Phi) is 15.5. The molecule has 1 aromatic rings. The summed E-state index contributed by atoms with van der Waals surface area (Å²) in [5, 5.41) is 33.3. The molecule has 13 heteroatoms. The van der Waals surface area contributed by atoms with Gasteiger partial charge in [0.2, 0.25) is 0 Å². The Bertz CT molecular complexity index is 540. The fraction of sp³-hybridized carbons (Fsp3) is 0.571. The number of nitrogens with zero attached hydrogens (tertiary/aromatic N) is 1. The van der Waals surface area contributed by atoms with E-state index in [2.05, 4.69) is 15.7 Å². The third-order valence-corrected chi connectivity index (χ3v) is 2.89. The van der Waals surface area contributed by atoms with Crippen molar-refractivity contribution in [1.29, 1.82) is 0 Å². The van der Waals surface area contributed by atoms with Crippen LogP contribution in [0.25, 0.3) is 0 Å². The van der Waals surface area contributed by atoms with E-state index in [1.807, 2.05) is 0 Å². The molecule has 13 nitrogen and oxygen atoms in total. The lowest BCUT2D eigenvalue weighted by Gasteiger charge is -2.09. The van der Waals surface area contributed by atoms with Crippen LogP contribution in [0, 0.1) is 0 Å². The third kappa shape index (κ3) is 16.6. The van der Waals surface area contributed by atoms with Crippen molar-refractivity contribution in [1.82, 2.24) is 9.97 Å². The quantitative estimate of drug-likeness (QED) is 0.202. The van der Waals surface area contributed by atoms with E-state index in [0.29, 0.717) is 6.42 Å². The molecular formula is C14H28N6O7. The Morgan fingerprint density at radius 2 is 1.56 bits per heavy atom. The van der Waals surface area contributed by atoms with Gasteiger partial charge in [-0.25, -0.2) is 4.98 Å². The minimum atomic E-state index is -1.05. The molecule has 0 amide bonds. The first-order valence-corrected chi connectivity index (χ1v) is 7.79. The van der Waals surface area contributed by atoms with Gasteiger partial charge < -0.3 is 48.3 Å². The number of aliphatic hydroxyl groups is 1. The monoisotopic (exact) mass is 392 g/mol. The molecule has 0 aromatic carbocycles. The lowest BCUT2D eigenvalue weighted by molar-refractivity contribution is -0.139. The highest BCUT2D eigenvalue weighted by Crippen LogP contribution is 1.98. The second kappa shape index (κ2) is 15.7. The molecule has 0 bridgehead atoms. The summed E-state index contributed by atoms with van der Waals surface area (Å²) in [7, 11) is 0. The van der Waals surface area contributed by atoms with Gasteiger partial charge >= 0.3 is 17.9 Å². The number of imidazole rings is 1. The molecule has 3 atom stereocenters. The molecule has 0 saturated heterocycles. The van der Waals surface area contributed by atoms with Crippen molar-refractivity contribution in [3.8, 4) is 0 Å². The summed E-state index contributed by atoms with van der Waals surface area (Å²) >= 11 is 0. The van der Waals surface area contributed by atoms with Gasteiger partial charge in [0.25, 0.3) is 0 Å². The van der Waals surface area contributed by atoms with E-state index in [-0.39, 0.29) is 25.9 Å². The molecule has 0 aliphatic heterocycles. The standard InChI is InChI=1S/C6H9N3O2.C6H14N2O3.C2H5NO2/c7-5(6(10)11)1-4-2-8-3-9-4;7-3-4(9)1-2-5(8)6(10)11;3-1-2(4)5/h2-3,5H,1,7H2,(H,8,9)(H,10,11);4-5,9H,1-3,7-8H2,(H,10,11);1,3H2,(H,4,5)/t5-;4-,5+;/m01./s1. The van der Waals surface area contributed by atoms with Crippen LogP contribution in [0.15, 0.2) is 12.5 Å². The predicted octanol–water partition coefficient (Wildman–Crippen LogP) is -3.11. The zero-order valence-corrected chi connectivity index (χ0v) is 14.7. The smallest absolute Gasteiger partial charge is 0.320 e. The summed E-state index contributed by atoms with van der Waals surface area (Å²) in [4.78, 5) is 36.2. The Balaban J connectivity index is 0. The highest BCUT2D eigenvalue weighted by molar-refractivity contribution is 5.73. The maximum atomic E-state index is 10.3. The van der Waals surface area contributed by atoms with Crippen LogP contribution in [0.2, 0.25) is 0 Å². The second-order valence-corrected chi connectivity index (χ2v) is 5.24. The van der Waals surface area contributed by atoms with E-state index in [4.69, 9.17) is 37.6 Å². The number of nitrogens with two attached hydrogens (primary N) is 4. The van der Waals surface area contributed by atoms with Crippen molar-refractivity contribution >= 4 is 17.9 Å². The van der Waals surface area contributed by atoms with Gasteiger partial charge in [-0.05, 0) is 12.8 Å². The van der Waals surface area contributed by atoms with Gasteiger partial charge in [0.05, 0.1) is 19.0 Å². The number of carbonyl (C=O) groups is 3. The average Bonchev–Trinajstić information content (AvgIpc) is 3.12. The van der Waals surface area contributed by atoms with Crippen LogP contribution >= 0.6 is 0 Å². The molecule has 0 fully saturated rings. The van der Waals surface area contributed by atoms with Gasteiger partial charge in [0.1, 0.15) is 12.1 Å². The van der Waals surface area contributed by atoms with Gasteiger partial charge in [0, 0.05) is 24.9 Å². The minimum absolute atomic E-state index is 0.145. The number of carboxylic acids is 3. The molecule has 0 radical (unpaired) electrons. The Morgan fingerprint density at radius 1 is 1.04 bits per heavy atom. The van der Waals surface area contributed by atoms with Crippen LogP contribution < -0.4 is 22.9 Å². The number of carboxylic acid groups (broad SMARTS) is 3. The van der Waals surface area contributed by atoms with Crippen molar-refractivity contribution in [2.45, 2.75) is 37.5 Å². The number of hydrogen-bond acceptors (Lipinski definition) is 9. The van der Waals surface area contributed by atoms with Crippen molar-refractivity contribution in [2.24, 2.45) is 22.9 Å². The molecule has 0 spiro atoms. The fourth-order valence-electron chi connectivity index (χ4n) is 1.33. The Hall–Kier alpha value is -2.58. The molecule has 1 heterocycles. The van der Waals surface area contributed by atoms with Crippen LogP contribution in [0.4, 0.5) is 0 Å². The lowest BCUT2D eigenvalue weighted by atomic mass is 10.1. The van der Waals surface area contributed by atoms with Crippen molar-refractivity contribution in [3.63, 3.8) is 0 Å². The molecule has 1 rings (SSSR count). The van der Waals surface area contributed by atoms with Crippen molar-refractivity contribution in [2.75, 3.05) is 13.1 Å². The summed E-state index contributed by atoms with van der Waals surface area (Å²) in [6.07, 6.45) is 3.29. The molecular weight excluding hydrogens is 364 g/mol. The summed E-state index contributed by atoms with van der Waals surface area (Å²) in [5.41, 5.74) is 20.8. The van der Waals surface area contributed by atoms with Crippen molar-refractivity contribution < 1.29 is 34.8 Å². The molecule has 0 aliphatic carbocycles. The summed E-state index contributed by atoms with van der Waals surface area (Å²) in [6.45, 7) is -0.133. The summed E-state index contributed by atoms with van der Waals surface area (Å²) in [6, 6.07) is -1.74. The van der Waals surface area contributed by atoms with E-state index in [1.165, 1.54) is 6.33 Å². The SMILES string of the molecule is NCC(=O)O.NC[C@H](O)CC[C@H](N)C(=O)O.N[C@@H](Cc1cnc[nH]1)C(=O)O. The van der Waals surface area contributed by atoms with Crippen LogP contribution in [0.5, 0.6) is 0 Å². The van der Waals surface area contributed by atoms with E-state index in [9.17, 15) is 14.4 Å². The lowest BCUT2D eigenvalue weighted by Crippen LogP contribution is -2.32. The van der Waals surface area contributed by atoms with Gasteiger partial charge in [-0.15, -0.1) is 0 Å². The summed E-state index contributed by atoms with van der Waals surface area (Å²) in [5.74, 6) is -3.01. The summed E-state index contributed by atoms with van der Waals surface area (Å²) < 4.78 is 0. The Morgan fingerprint density at radius 3 is 1.89 bits per heavy atom. The van der Waals surface area contributed by atoms with Gasteiger partial charge in [-0.3, -0.25) is 14.4 Å². The van der Waals surface area contributed by atoms with Crippen LogP contribution in [0.3, 0.4) is 0 Å². The normalized spacial score (nSPS) is 13.1. The van der Waals surface area contributed by atoms with E-state index in [1.54, 1.807) is 6.20 Å². The number of H-pyrrole nitrogens is 1. The first-order chi connectivity index (χ1) is 12.5. The second-order valence-electron chi connectivity index (χ2n) is 5.24. The number of aliphatic hydroxyl groups excluding tert-OH is 1. The fourth-order valence-corrected chi connectivity index (χ4v) is 1.33. The first-order valence-electron chi connectivity index (χ1n) is 7.79. The number of aliphatic carboxylic acids is 3. The number of rotatable bonds is 9. The zero-order chi connectivity index (χ0) is 21.4. The van der Waals surface area contributed by atoms with Gasteiger partial charge in [0.15, 0.2) is 0 Å². The molecule has 0 unspecified atom stereocenters. The molecule has 0 saturated carbocycles. The third-order valence-electron chi connectivity index (χ3n) is 2.89. The highest BCUT2D eigenvalue weighted by Gasteiger charge is 2.13. The van der Waals surface area contributed by atoms with Crippen LogP contribution in [-0.4, -0.2) is 79.6 Å². The molecule has 156 valence electrons. The Labute approximate surface area is 155 Å². The topological polar surface area (TPSA) is 265 Å².